The summed E-state index contributed by atoms with van der Waals surface area (Å²) in [5.41, 5.74) is 1.88. The van der Waals surface area contributed by atoms with Gasteiger partial charge in [0.05, 0.1) is 11.4 Å². The lowest BCUT2D eigenvalue weighted by Gasteiger charge is -2.20. The van der Waals surface area contributed by atoms with Crippen molar-refractivity contribution in [2.75, 3.05) is 36.7 Å². The van der Waals surface area contributed by atoms with E-state index in [1.54, 1.807) is 13.4 Å². The summed E-state index contributed by atoms with van der Waals surface area (Å²) in [6.07, 6.45) is 3.29. The molecule has 1 aromatic carbocycles. The van der Waals surface area contributed by atoms with Gasteiger partial charge >= 0.3 is 0 Å². The topological polar surface area (TPSA) is 105 Å². The highest BCUT2D eigenvalue weighted by atomic mass is 127. The van der Waals surface area contributed by atoms with Crippen LogP contribution in [0.5, 0.6) is 0 Å². The molecule has 1 aliphatic heterocycles. The number of para-hydroxylation sites is 1. The van der Waals surface area contributed by atoms with E-state index in [1.165, 1.54) is 4.31 Å². The zero-order chi connectivity index (χ0) is 20.0. The molecule has 2 N–H and O–H groups in total. The molecular formula is C18H28IN7O2S. The lowest BCUT2D eigenvalue weighted by molar-refractivity contribution is 0.590. The summed E-state index contributed by atoms with van der Waals surface area (Å²) in [6.45, 7) is 4.17. The van der Waals surface area contributed by atoms with E-state index in [9.17, 15) is 8.42 Å². The highest BCUT2D eigenvalue weighted by Crippen LogP contribution is 2.29. The molecule has 2 heterocycles. The van der Waals surface area contributed by atoms with Crippen LogP contribution in [0.2, 0.25) is 0 Å². The number of benzene rings is 1. The second kappa shape index (κ2) is 10.8. The summed E-state index contributed by atoms with van der Waals surface area (Å²) in [7, 11) is -1.71. The van der Waals surface area contributed by atoms with E-state index in [2.05, 4.69) is 25.8 Å². The number of nitrogens with one attached hydrogen (secondary N) is 2. The minimum absolute atomic E-state index is 0. The Morgan fingerprint density at radius 3 is 2.76 bits per heavy atom. The molecule has 0 bridgehead atoms. The van der Waals surface area contributed by atoms with Gasteiger partial charge in [-0.25, -0.2) is 8.42 Å². The minimum Gasteiger partial charge on any atom is -0.355 e. The minimum atomic E-state index is -3.37. The lowest BCUT2D eigenvalue weighted by atomic mass is 10.2. The molecule has 0 amide bonds. The van der Waals surface area contributed by atoms with Crippen LogP contribution in [-0.4, -0.2) is 61.6 Å². The Morgan fingerprint density at radius 2 is 2.00 bits per heavy atom. The van der Waals surface area contributed by atoms with E-state index in [1.807, 2.05) is 35.8 Å². The lowest BCUT2D eigenvalue weighted by Crippen LogP contribution is -2.42. The summed E-state index contributed by atoms with van der Waals surface area (Å²) in [5, 5.41) is 14.2. The first-order valence-corrected chi connectivity index (χ1v) is 11.1. The Kier molecular flexibility index (Phi) is 8.68. The third-order valence-electron chi connectivity index (χ3n) is 4.71. The quantitative estimate of drug-likeness (QED) is 0.298. The largest absolute Gasteiger partial charge is 0.355 e. The fourth-order valence-electron chi connectivity index (χ4n) is 3.26. The van der Waals surface area contributed by atoms with Crippen LogP contribution >= 0.6 is 24.0 Å². The van der Waals surface area contributed by atoms with Crippen LogP contribution < -0.4 is 14.9 Å². The molecule has 0 atom stereocenters. The number of guanidine groups is 1. The molecule has 0 radical (unpaired) electrons. The van der Waals surface area contributed by atoms with Crippen molar-refractivity contribution >= 4 is 45.6 Å². The van der Waals surface area contributed by atoms with Gasteiger partial charge in [-0.15, -0.1) is 34.2 Å². The summed E-state index contributed by atoms with van der Waals surface area (Å²) < 4.78 is 28.9. The van der Waals surface area contributed by atoms with Gasteiger partial charge in [-0.05, 0) is 18.1 Å². The maximum Gasteiger partial charge on any atom is 0.236 e. The van der Waals surface area contributed by atoms with E-state index in [-0.39, 0.29) is 36.3 Å². The van der Waals surface area contributed by atoms with E-state index < -0.39 is 10.0 Å². The third kappa shape index (κ3) is 5.81. The molecule has 2 aromatic rings. The van der Waals surface area contributed by atoms with Crippen LogP contribution in [0.25, 0.3) is 0 Å². The van der Waals surface area contributed by atoms with Crippen molar-refractivity contribution in [1.82, 2.24) is 25.4 Å². The molecule has 0 fully saturated rings. The molecule has 0 unspecified atom stereocenters. The van der Waals surface area contributed by atoms with Crippen LogP contribution in [0.1, 0.15) is 18.3 Å². The van der Waals surface area contributed by atoms with E-state index in [4.69, 9.17) is 0 Å². The number of anilines is 1. The standard InChI is InChI=1S/C18H27N7O2S.HI/c1-3-17-23-22-14-24(17)12-9-20-18(19-2)21-10-13-28(26,27)25-11-8-15-6-4-5-7-16(15)25;/h4-7,14H,3,8-13H2,1-2H3,(H2,19,20,21);1H. The molecule has 0 spiro atoms. The normalized spacial score (nSPS) is 13.7. The maximum atomic E-state index is 12.7. The molecule has 1 aliphatic rings. The van der Waals surface area contributed by atoms with Crippen LogP contribution in [0.3, 0.4) is 0 Å². The first-order valence-electron chi connectivity index (χ1n) is 9.44. The van der Waals surface area contributed by atoms with E-state index >= 15 is 0 Å². The fourth-order valence-corrected chi connectivity index (χ4v) is 4.69. The van der Waals surface area contributed by atoms with Crippen molar-refractivity contribution in [2.45, 2.75) is 26.3 Å². The second-order valence-corrected chi connectivity index (χ2v) is 8.50. The Morgan fingerprint density at radius 1 is 1.24 bits per heavy atom. The Bertz CT molecular complexity index is 930. The number of aliphatic imine (C=N–C) groups is 1. The third-order valence-corrected chi connectivity index (χ3v) is 6.48. The molecule has 1 aromatic heterocycles. The average molecular weight is 533 g/mol. The summed E-state index contributed by atoms with van der Waals surface area (Å²) in [4.78, 5) is 4.15. The van der Waals surface area contributed by atoms with E-state index in [0.29, 0.717) is 25.6 Å². The van der Waals surface area contributed by atoms with Gasteiger partial charge in [0.2, 0.25) is 10.0 Å². The van der Waals surface area contributed by atoms with Gasteiger partial charge < -0.3 is 15.2 Å². The van der Waals surface area contributed by atoms with Crippen LogP contribution in [0.4, 0.5) is 5.69 Å². The Balaban J connectivity index is 0.00000300. The molecule has 0 aliphatic carbocycles. The monoisotopic (exact) mass is 533 g/mol. The Hall–Kier alpha value is -1.89. The molecule has 29 heavy (non-hydrogen) atoms. The van der Waals surface area contributed by atoms with Gasteiger partial charge in [-0.1, -0.05) is 25.1 Å². The van der Waals surface area contributed by atoms with Crippen molar-refractivity contribution in [2.24, 2.45) is 4.99 Å². The molecule has 3 rings (SSSR count). The van der Waals surface area contributed by atoms with Crippen molar-refractivity contribution in [1.29, 1.82) is 0 Å². The molecule has 0 saturated carbocycles. The van der Waals surface area contributed by atoms with Gasteiger partial charge in [-0.2, -0.15) is 0 Å². The predicted octanol–water partition coefficient (Wildman–Crippen LogP) is 1.02. The van der Waals surface area contributed by atoms with Gasteiger partial charge in [-0.3, -0.25) is 9.30 Å². The zero-order valence-corrected chi connectivity index (χ0v) is 19.9. The van der Waals surface area contributed by atoms with Crippen molar-refractivity contribution < 1.29 is 8.42 Å². The van der Waals surface area contributed by atoms with Gasteiger partial charge in [0, 0.05) is 39.6 Å². The number of nitrogens with zero attached hydrogens (tertiary/aromatic N) is 5. The van der Waals surface area contributed by atoms with Crippen LogP contribution in [-0.2, 0) is 29.4 Å². The molecule has 9 nitrogen and oxygen atoms in total. The average Bonchev–Trinajstić information content (AvgIpc) is 3.33. The highest BCUT2D eigenvalue weighted by Gasteiger charge is 2.28. The number of sulfonamides is 1. The number of hydrogen-bond donors (Lipinski definition) is 2. The van der Waals surface area contributed by atoms with Gasteiger partial charge in [0.15, 0.2) is 5.96 Å². The smallest absolute Gasteiger partial charge is 0.236 e. The van der Waals surface area contributed by atoms with Gasteiger partial charge in [0.25, 0.3) is 0 Å². The molecule has 0 saturated heterocycles. The number of aromatic nitrogens is 3. The predicted molar refractivity (Wildman–Crippen MR) is 125 cm³/mol. The number of hydrogen-bond acceptors (Lipinski definition) is 5. The fraction of sp³-hybridized carbons (Fsp3) is 0.500. The summed E-state index contributed by atoms with van der Waals surface area (Å²) in [5.74, 6) is 1.51. The van der Waals surface area contributed by atoms with Gasteiger partial charge in [0.1, 0.15) is 12.2 Å². The number of fused-ring (bicyclic) bond motifs is 1. The van der Waals surface area contributed by atoms with Crippen LogP contribution in [0.15, 0.2) is 35.6 Å². The molecule has 11 heteroatoms. The SMILES string of the molecule is CCc1nncn1CCNC(=NC)NCCS(=O)(=O)N1CCc2ccccc21.I. The first kappa shape index (κ1) is 23.4. The summed E-state index contributed by atoms with van der Waals surface area (Å²) in [6, 6.07) is 7.66. The van der Waals surface area contributed by atoms with Crippen LogP contribution in [0, 0.1) is 0 Å². The first-order chi connectivity index (χ1) is 13.5. The molecule has 160 valence electrons. The zero-order valence-electron chi connectivity index (χ0n) is 16.7. The van der Waals surface area contributed by atoms with Crippen molar-refractivity contribution in [3.05, 3.63) is 42.0 Å². The second-order valence-electron chi connectivity index (χ2n) is 6.49. The highest BCUT2D eigenvalue weighted by molar-refractivity contribution is 14.0. The van der Waals surface area contributed by atoms with Crippen molar-refractivity contribution in [3.8, 4) is 0 Å². The van der Waals surface area contributed by atoms with E-state index in [0.717, 1.165) is 29.9 Å². The summed E-state index contributed by atoms with van der Waals surface area (Å²) >= 11 is 0. The molecular weight excluding hydrogens is 505 g/mol. The van der Waals surface area contributed by atoms with Crippen molar-refractivity contribution in [3.63, 3.8) is 0 Å². The Labute approximate surface area is 189 Å². The number of rotatable bonds is 8. The number of aryl methyl sites for hydroxylation is 1. The number of halogens is 1. The maximum absolute atomic E-state index is 12.7.